The molecule has 0 saturated heterocycles. The van der Waals surface area contributed by atoms with Gasteiger partial charge in [0.05, 0.1) is 12.8 Å². The maximum absolute atomic E-state index is 11.4. The highest BCUT2D eigenvalue weighted by Crippen LogP contribution is 2.32. The molecule has 1 N–H and O–H groups in total. The van der Waals surface area contributed by atoms with Crippen LogP contribution in [0.3, 0.4) is 0 Å². The number of furan rings is 1. The van der Waals surface area contributed by atoms with Gasteiger partial charge in [0.15, 0.2) is 0 Å². The number of methoxy groups -OCH3 is 1. The number of hydrogen-bond donors (Lipinski definition) is 1. The molecule has 0 amide bonds. The molecule has 6 heteroatoms. The van der Waals surface area contributed by atoms with Crippen LogP contribution in [0.4, 0.5) is 0 Å². The number of aliphatic hydroxyl groups excluding tert-OH is 1. The van der Waals surface area contributed by atoms with Gasteiger partial charge in [-0.3, -0.25) is 4.68 Å². The largest absolute Gasteiger partial charge is 0.463 e. The lowest BCUT2D eigenvalue weighted by atomic mass is 9.88. The Labute approximate surface area is 123 Å². The molecule has 2 heterocycles. The van der Waals surface area contributed by atoms with Crippen molar-refractivity contribution in [3.8, 4) is 0 Å². The highest BCUT2D eigenvalue weighted by molar-refractivity contribution is 5.86. The van der Waals surface area contributed by atoms with Crippen LogP contribution in [0.5, 0.6) is 0 Å². The number of aromatic nitrogens is 2. The molecule has 2 rings (SSSR count). The molecule has 1 unspecified atom stereocenters. The highest BCUT2D eigenvalue weighted by atomic mass is 16.5. The average molecular weight is 292 g/mol. The summed E-state index contributed by atoms with van der Waals surface area (Å²) in [7, 11) is 3.08. The summed E-state index contributed by atoms with van der Waals surface area (Å²) >= 11 is 0. The van der Waals surface area contributed by atoms with Crippen LogP contribution in [0.15, 0.2) is 22.7 Å². The summed E-state index contributed by atoms with van der Waals surface area (Å²) in [4.78, 5) is 11.4. The molecule has 0 aliphatic carbocycles. The van der Waals surface area contributed by atoms with Crippen molar-refractivity contribution in [2.45, 2.75) is 32.3 Å². The molecule has 0 fully saturated rings. The van der Waals surface area contributed by atoms with Crippen molar-refractivity contribution in [3.63, 3.8) is 0 Å². The van der Waals surface area contributed by atoms with Crippen molar-refractivity contribution in [1.29, 1.82) is 0 Å². The fourth-order valence-electron chi connectivity index (χ4n) is 2.15. The monoisotopic (exact) mass is 292 g/mol. The second kappa shape index (κ2) is 5.37. The van der Waals surface area contributed by atoms with Gasteiger partial charge < -0.3 is 14.3 Å². The summed E-state index contributed by atoms with van der Waals surface area (Å²) in [5.74, 6) is -0.225. The number of rotatable bonds is 3. The van der Waals surface area contributed by atoms with E-state index in [-0.39, 0.29) is 16.9 Å². The van der Waals surface area contributed by atoms with Crippen molar-refractivity contribution < 1.29 is 19.1 Å². The maximum Gasteiger partial charge on any atom is 0.373 e. The predicted molar refractivity (Wildman–Crippen MR) is 76.0 cm³/mol. The molecule has 21 heavy (non-hydrogen) atoms. The van der Waals surface area contributed by atoms with Crippen molar-refractivity contribution in [3.05, 3.63) is 41.1 Å². The molecule has 0 saturated carbocycles. The van der Waals surface area contributed by atoms with E-state index in [2.05, 4.69) is 9.84 Å². The summed E-state index contributed by atoms with van der Waals surface area (Å²) in [5, 5.41) is 14.9. The van der Waals surface area contributed by atoms with Crippen molar-refractivity contribution >= 4 is 5.97 Å². The normalized spacial score (nSPS) is 13.2. The molecule has 2 aromatic heterocycles. The van der Waals surface area contributed by atoms with Gasteiger partial charge in [0.2, 0.25) is 5.76 Å². The fourth-order valence-corrected chi connectivity index (χ4v) is 2.15. The number of carbonyl (C=O) groups is 1. The third-order valence-electron chi connectivity index (χ3n) is 3.14. The minimum Gasteiger partial charge on any atom is -0.463 e. The lowest BCUT2D eigenvalue weighted by molar-refractivity contribution is 0.0558. The number of aliphatic hydroxyl groups is 1. The number of nitrogens with zero attached hydrogens (tertiary/aromatic N) is 2. The topological polar surface area (TPSA) is 77.5 Å². The Morgan fingerprint density at radius 3 is 2.67 bits per heavy atom. The Morgan fingerprint density at radius 1 is 1.43 bits per heavy atom. The van der Waals surface area contributed by atoms with E-state index in [0.29, 0.717) is 5.56 Å². The predicted octanol–water partition coefficient (Wildman–Crippen LogP) is 2.18. The molecule has 6 nitrogen and oxygen atoms in total. The van der Waals surface area contributed by atoms with E-state index in [9.17, 15) is 9.90 Å². The minimum absolute atomic E-state index is 0.0627. The first-order chi connectivity index (χ1) is 9.74. The van der Waals surface area contributed by atoms with Gasteiger partial charge in [-0.1, -0.05) is 20.8 Å². The SMILES string of the molecule is COC(=O)c1ccc(C(O)c2cn(C)nc2C(C)(C)C)o1. The molecule has 0 aromatic carbocycles. The Morgan fingerprint density at radius 2 is 2.10 bits per heavy atom. The van der Waals surface area contributed by atoms with Crippen LogP contribution in [0.1, 0.15) is 54.4 Å². The number of carbonyl (C=O) groups excluding carboxylic acids is 1. The Kier molecular flexibility index (Phi) is 3.91. The molecule has 0 radical (unpaired) electrons. The zero-order valence-corrected chi connectivity index (χ0v) is 12.9. The summed E-state index contributed by atoms with van der Waals surface area (Å²) in [5.41, 5.74) is 1.24. The van der Waals surface area contributed by atoms with Gasteiger partial charge in [-0.05, 0) is 12.1 Å². The van der Waals surface area contributed by atoms with Crippen LogP contribution in [0.25, 0.3) is 0 Å². The van der Waals surface area contributed by atoms with Gasteiger partial charge in [-0.25, -0.2) is 4.79 Å². The second-order valence-electron chi connectivity index (χ2n) is 5.95. The minimum atomic E-state index is -0.980. The van der Waals surface area contributed by atoms with E-state index >= 15 is 0 Å². The van der Waals surface area contributed by atoms with Crippen LogP contribution in [0, 0.1) is 0 Å². The molecular formula is C15H20N2O4. The van der Waals surface area contributed by atoms with E-state index in [4.69, 9.17) is 4.42 Å². The molecule has 114 valence electrons. The van der Waals surface area contributed by atoms with Crippen LogP contribution >= 0.6 is 0 Å². The molecule has 0 bridgehead atoms. The van der Waals surface area contributed by atoms with Crippen molar-refractivity contribution in [1.82, 2.24) is 9.78 Å². The van der Waals surface area contributed by atoms with Crippen LogP contribution in [-0.4, -0.2) is 28.0 Å². The highest BCUT2D eigenvalue weighted by Gasteiger charge is 2.28. The average Bonchev–Trinajstić information content (AvgIpc) is 3.02. The van der Waals surface area contributed by atoms with Crippen molar-refractivity contribution in [2.24, 2.45) is 7.05 Å². The van der Waals surface area contributed by atoms with Crippen LogP contribution in [-0.2, 0) is 17.2 Å². The zero-order chi connectivity index (χ0) is 15.8. The Balaban J connectivity index is 2.38. The molecular weight excluding hydrogens is 272 g/mol. The quantitative estimate of drug-likeness (QED) is 0.877. The van der Waals surface area contributed by atoms with Gasteiger partial charge in [0.1, 0.15) is 11.9 Å². The van der Waals surface area contributed by atoms with E-state index in [1.54, 1.807) is 24.0 Å². The first-order valence-electron chi connectivity index (χ1n) is 6.64. The number of hydrogen-bond acceptors (Lipinski definition) is 5. The van der Waals surface area contributed by atoms with Gasteiger partial charge >= 0.3 is 5.97 Å². The van der Waals surface area contributed by atoms with E-state index in [1.807, 2.05) is 20.8 Å². The number of aryl methyl sites for hydroxylation is 1. The molecule has 0 aliphatic rings. The Bertz CT molecular complexity index is 649. The second-order valence-corrected chi connectivity index (χ2v) is 5.95. The first kappa shape index (κ1) is 15.3. The number of ether oxygens (including phenoxy) is 1. The fraction of sp³-hybridized carbons (Fsp3) is 0.467. The summed E-state index contributed by atoms with van der Waals surface area (Å²) in [6, 6.07) is 3.05. The maximum atomic E-state index is 11.4. The summed E-state index contributed by atoms with van der Waals surface area (Å²) < 4.78 is 11.6. The molecule has 1 atom stereocenters. The van der Waals surface area contributed by atoms with E-state index in [1.165, 1.54) is 13.2 Å². The molecule has 0 aliphatic heterocycles. The Hall–Kier alpha value is -2.08. The third-order valence-corrected chi connectivity index (χ3v) is 3.14. The molecule has 2 aromatic rings. The van der Waals surface area contributed by atoms with E-state index in [0.717, 1.165) is 5.69 Å². The van der Waals surface area contributed by atoms with Gasteiger partial charge in [0.25, 0.3) is 0 Å². The van der Waals surface area contributed by atoms with Gasteiger partial charge in [-0.15, -0.1) is 0 Å². The first-order valence-corrected chi connectivity index (χ1v) is 6.64. The van der Waals surface area contributed by atoms with Crippen LogP contribution < -0.4 is 0 Å². The van der Waals surface area contributed by atoms with Gasteiger partial charge in [0, 0.05) is 24.2 Å². The zero-order valence-electron chi connectivity index (χ0n) is 12.9. The summed E-state index contributed by atoms with van der Waals surface area (Å²) in [6.07, 6.45) is 0.775. The number of esters is 1. The standard InChI is InChI=1S/C15H20N2O4/c1-15(2,3)13-9(8-17(4)16-13)12(18)10-6-7-11(21-10)14(19)20-5/h6-8,12,18H,1-5H3. The lowest BCUT2D eigenvalue weighted by Crippen LogP contribution is -2.16. The van der Waals surface area contributed by atoms with E-state index < -0.39 is 12.1 Å². The third kappa shape index (κ3) is 3.00. The van der Waals surface area contributed by atoms with Crippen LogP contribution in [0.2, 0.25) is 0 Å². The van der Waals surface area contributed by atoms with Crippen molar-refractivity contribution in [2.75, 3.05) is 7.11 Å². The molecule has 0 spiro atoms. The summed E-state index contributed by atoms with van der Waals surface area (Å²) in [6.45, 7) is 6.06. The lowest BCUT2D eigenvalue weighted by Gasteiger charge is -2.19. The van der Waals surface area contributed by atoms with Gasteiger partial charge in [-0.2, -0.15) is 5.10 Å². The smallest absolute Gasteiger partial charge is 0.373 e.